The molecule has 5 heteroatoms. The smallest absolute Gasteiger partial charge is 0.252 e. The summed E-state index contributed by atoms with van der Waals surface area (Å²) in [6, 6.07) is 13.7. The van der Waals surface area contributed by atoms with Gasteiger partial charge in [-0.15, -0.1) is 0 Å². The molecule has 0 spiro atoms. The lowest BCUT2D eigenvalue weighted by molar-refractivity contribution is 0.0920. The number of aromatic nitrogens is 2. The zero-order valence-electron chi connectivity index (χ0n) is 16.3. The molecule has 27 heavy (non-hydrogen) atoms. The number of halogens is 1. The van der Waals surface area contributed by atoms with Crippen molar-refractivity contribution in [1.29, 1.82) is 0 Å². The third kappa shape index (κ3) is 3.92. The van der Waals surface area contributed by atoms with Gasteiger partial charge in [-0.1, -0.05) is 18.2 Å². The lowest BCUT2D eigenvalue weighted by atomic mass is 9.99. The van der Waals surface area contributed by atoms with Crippen LogP contribution in [-0.2, 0) is 0 Å². The van der Waals surface area contributed by atoms with Crippen molar-refractivity contribution in [2.24, 2.45) is 0 Å². The molecule has 0 radical (unpaired) electrons. The highest BCUT2D eigenvalue weighted by atomic mass is 19.1. The van der Waals surface area contributed by atoms with Crippen LogP contribution in [0.15, 0.2) is 48.5 Å². The first kappa shape index (κ1) is 18.8. The molecular formula is C22H24FN3O. The molecule has 0 unspecified atom stereocenters. The summed E-state index contributed by atoms with van der Waals surface area (Å²) in [4.78, 5) is 12.9. The van der Waals surface area contributed by atoms with Crippen LogP contribution in [0.5, 0.6) is 0 Å². The molecule has 1 amide bonds. The summed E-state index contributed by atoms with van der Waals surface area (Å²) >= 11 is 0. The second-order valence-corrected chi connectivity index (χ2v) is 7.70. The lowest BCUT2D eigenvalue weighted by Crippen LogP contribution is -2.40. The molecule has 0 aliphatic heterocycles. The molecule has 140 valence electrons. The van der Waals surface area contributed by atoms with Gasteiger partial charge >= 0.3 is 0 Å². The van der Waals surface area contributed by atoms with E-state index in [9.17, 15) is 9.18 Å². The molecule has 1 N–H and O–H groups in total. The van der Waals surface area contributed by atoms with Crippen LogP contribution in [0, 0.1) is 19.7 Å². The van der Waals surface area contributed by atoms with E-state index in [1.165, 1.54) is 12.1 Å². The Bertz CT molecular complexity index is 982. The van der Waals surface area contributed by atoms with Crippen molar-refractivity contribution in [2.75, 3.05) is 0 Å². The lowest BCUT2D eigenvalue weighted by Gasteiger charge is -2.22. The number of hydrogen-bond acceptors (Lipinski definition) is 2. The van der Waals surface area contributed by atoms with E-state index in [0.717, 1.165) is 28.2 Å². The fraction of sp³-hybridized carbons (Fsp3) is 0.273. The van der Waals surface area contributed by atoms with Crippen molar-refractivity contribution in [3.8, 4) is 16.9 Å². The highest BCUT2D eigenvalue weighted by molar-refractivity contribution is 6.01. The summed E-state index contributed by atoms with van der Waals surface area (Å²) in [5.41, 5.74) is 4.45. The fourth-order valence-electron chi connectivity index (χ4n) is 2.99. The van der Waals surface area contributed by atoms with Crippen LogP contribution in [-0.4, -0.2) is 21.2 Å². The van der Waals surface area contributed by atoms with Gasteiger partial charge in [-0.25, -0.2) is 9.07 Å². The van der Waals surface area contributed by atoms with Crippen molar-refractivity contribution in [3.63, 3.8) is 0 Å². The van der Waals surface area contributed by atoms with Gasteiger partial charge in [0.15, 0.2) is 0 Å². The summed E-state index contributed by atoms with van der Waals surface area (Å²) < 4.78 is 15.1. The molecule has 0 saturated heterocycles. The summed E-state index contributed by atoms with van der Waals surface area (Å²) in [5.74, 6) is -0.437. The second kappa shape index (κ2) is 6.99. The average Bonchev–Trinajstić information content (AvgIpc) is 2.89. The SMILES string of the molecule is Cc1nn(-c2ccc(F)cc2)c(-c2ccccc2C(=O)NC(C)(C)C)c1C. The Morgan fingerprint density at radius 2 is 1.67 bits per heavy atom. The minimum absolute atomic E-state index is 0.137. The number of carbonyl (C=O) groups excluding carboxylic acids is 1. The Kier molecular flexibility index (Phi) is 4.87. The topological polar surface area (TPSA) is 46.9 Å². The standard InChI is InChI=1S/C22H24FN3O/c1-14-15(2)25-26(17-12-10-16(23)11-13-17)20(14)18-8-6-7-9-19(18)21(27)24-22(3,4)5/h6-13H,1-5H3,(H,24,27). The van der Waals surface area contributed by atoms with Gasteiger partial charge < -0.3 is 5.32 Å². The second-order valence-electron chi connectivity index (χ2n) is 7.70. The van der Waals surface area contributed by atoms with Crippen molar-refractivity contribution in [2.45, 2.75) is 40.2 Å². The van der Waals surface area contributed by atoms with E-state index in [0.29, 0.717) is 5.56 Å². The molecule has 0 fully saturated rings. The van der Waals surface area contributed by atoms with Crippen molar-refractivity contribution < 1.29 is 9.18 Å². The number of rotatable bonds is 3. The van der Waals surface area contributed by atoms with E-state index in [1.807, 2.05) is 58.9 Å². The quantitative estimate of drug-likeness (QED) is 0.723. The van der Waals surface area contributed by atoms with Gasteiger partial charge in [0.1, 0.15) is 5.82 Å². The molecule has 1 heterocycles. The number of aryl methyl sites for hydroxylation is 1. The van der Waals surface area contributed by atoms with E-state index < -0.39 is 0 Å². The van der Waals surface area contributed by atoms with Crippen molar-refractivity contribution >= 4 is 5.91 Å². The highest BCUT2D eigenvalue weighted by Crippen LogP contribution is 2.31. The summed E-state index contributed by atoms with van der Waals surface area (Å²) in [7, 11) is 0. The zero-order valence-corrected chi connectivity index (χ0v) is 16.3. The molecule has 0 aliphatic rings. The van der Waals surface area contributed by atoms with Gasteiger partial charge in [-0.2, -0.15) is 5.10 Å². The normalized spacial score (nSPS) is 11.5. The Morgan fingerprint density at radius 1 is 1.04 bits per heavy atom. The fourth-order valence-corrected chi connectivity index (χ4v) is 2.99. The number of hydrogen-bond donors (Lipinski definition) is 1. The van der Waals surface area contributed by atoms with Crippen LogP contribution in [0.4, 0.5) is 4.39 Å². The number of benzene rings is 2. The monoisotopic (exact) mass is 365 g/mol. The van der Waals surface area contributed by atoms with Gasteiger partial charge in [0.2, 0.25) is 0 Å². The minimum Gasteiger partial charge on any atom is -0.347 e. The van der Waals surface area contributed by atoms with Crippen LogP contribution in [0.25, 0.3) is 16.9 Å². The van der Waals surface area contributed by atoms with Gasteiger partial charge in [-0.05, 0) is 70.5 Å². The predicted molar refractivity (Wildman–Crippen MR) is 106 cm³/mol. The van der Waals surface area contributed by atoms with Gasteiger partial charge in [0.05, 0.1) is 17.1 Å². The van der Waals surface area contributed by atoms with Crippen molar-refractivity contribution in [1.82, 2.24) is 15.1 Å². The number of nitrogens with zero attached hydrogens (tertiary/aromatic N) is 2. The van der Waals surface area contributed by atoms with Gasteiger partial charge in [-0.3, -0.25) is 4.79 Å². The number of carbonyl (C=O) groups is 1. The Balaban J connectivity index is 2.18. The number of amides is 1. The third-order valence-electron chi connectivity index (χ3n) is 4.35. The maximum atomic E-state index is 13.4. The van der Waals surface area contributed by atoms with Gasteiger partial charge in [0.25, 0.3) is 5.91 Å². The van der Waals surface area contributed by atoms with E-state index >= 15 is 0 Å². The summed E-state index contributed by atoms with van der Waals surface area (Å²) in [6.07, 6.45) is 0. The Morgan fingerprint density at radius 3 is 2.30 bits per heavy atom. The molecule has 1 aromatic heterocycles. The number of nitrogens with one attached hydrogen (secondary N) is 1. The third-order valence-corrected chi connectivity index (χ3v) is 4.35. The molecule has 0 aliphatic carbocycles. The maximum absolute atomic E-state index is 13.4. The molecule has 0 bridgehead atoms. The van der Waals surface area contributed by atoms with Crippen LogP contribution in [0.3, 0.4) is 0 Å². The summed E-state index contributed by atoms with van der Waals surface area (Å²) in [5, 5.41) is 7.64. The van der Waals surface area contributed by atoms with Gasteiger partial charge in [0, 0.05) is 16.7 Å². The van der Waals surface area contributed by atoms with Crippen LogP contribution in [0.2, 0.25) is 0 Å². The van der Waals surface area contributed by atoms with E-state index in [2.05, 4.69) is 10.4 Å². The van der Waals surface area contributed by atoms with Crippen LogP contribution in [0.1, 0.15) is 42.4 Å². The molecule has 0 saturated carbocycles. The average molecular weight is 365 g/mol. The van der Waals surface area contributed by atoms with Crippen LogP contribution < -0.4 is 5.32 Å². The first-order valence-corrected chi connectivity index (χ1v) is 8.91. The van der Waals surface area contributed by atoms with E-state index in [4.69, 9.17) is 0 Å². The highest BCUT2D eigenvalue weighted by Gasteiger charge is 2.22. The first-order chi connectivity index (χ1) is 12.7. The first-order valence-electron chi connectivity index (χ1n) is 8.91. The largest absolute Gasteiger partial charge is 0.347 e. The predicted octanol–water partition coefficient (Wildman–Crippen LogP) is 4.82. The molecule has 3 rings (SSSR count). The molecular weight excluding hydrogens is 341 g/mol. The Labute approximate surface area is 159 Å². The van der Waals surface area contributed by atoms with E-state index in [1.54, 1.807) is 16.8 Å². The van der Waals surface area contributed by atoms with E-state index in [-0.39, 0.29) is 17.3 Å². The Hall–Kier alpha value is -2.95. The molecule has 2 aromatic carbocycles. The summed E-state index contributed by atoms with van der Waals surface area (Å²) in [6.45, 7) is 9.76. The van der Waals surface area contributed by atoms with Crippen LogP contribution >= 0.6 is 0 Å². The maximum Gasteiger partial charge on any atom is 0.252 e. The minimum atomic E-state index is -0.341. The molecule has 3 aromatic rings. The molecule has 4 nitrogen and oxygen atoms in total. The zero-order chi connectivity index (χ0) is 19.8. The van der Waals surface area contributed by atoms with Crippen molar-refractivity contribution in [3.05, 3.63) is 71.2 Å². The molecule has 0 atom stereocenters.